The van der Waals surface area contributed by atoms with Crippen molar-refractivity contribution in [1.29, 1.82) is 0 Å². The minimum absolute atomic E-state index is 0. The fraction of sp³-hybridized carbons (Fsp3) is 0.579. The Labute approximate surface area is 161 Å². The van der Waals surface area contributed by atoms with Crippen molar-refractivity contribution < 1.29 is 14.3 Å². The molecule has 0 bridgehead atoms. The van der Waals surface area contributed by atoms with Gasteiger partial charge >= 0.3 is 0 Å². The summed E-state index contributed by atoms with van der Waals surface area (Å²) in [5, 5.41) is 2.83. The van der Waals surface area contributed by atoms with E-state index in [2.05, 4.69) is 5.32 Å². The zero-order chi connectivity index (χ0) is 18.4. The number of amides is 2. The molecule has 0 radical (unpaired) electrons. The van der Waals surface area contributed by atoms with Crippen LogP contribution in [0.5, 0.6) is 0 Å². The molecule has 7 heteroatoms. The highest BCUT2D eigenvalue weighted by Crippen LogP contribution is 2.15. The largest absolute Gasteiger partial charge is 0.372 e. The van der Waals surface area contributed by atoms with E-state index < -0.39 is 6.04 Å². The fourth-order valence-electron chi connectivity index (χ4n) is 3.05. The first-order valence-corrected chi connectivity index (χ1v) is 8.97. The average Bonchev–Trinajstić information content (AvgIpc) is 2.58. The predicted molar refractivity (Wildman–Crippen MR) is 104 cm³/mol. The summed E-state index contributed by atoms with van der Waals surface area (Å²) in [5.41, 5.74) is 7.38. The van der Waals surface area contributed by atoms with Gasteiger partial charge in [-0.05, 0) is 38.0 Å². The molecule has 0 aromatic heterocycles. The Balaban J connectivity index is 0.00000338. The Morgan fingerprint density at radius 1 is 1.23 bits per heavy atom. The maximum Gasteiger partial charge on any atom is 0.254 e. The van der Waals surface area contributed by atoms with Gasteiger partial charge in [0.15, 0.2) is 0 Å². The summed E-state index contributed by atoms with van der Waals surface area (Å²) in [6.45, 7) is 7.58. The van der Waals surface area contributed by atoms with Crippen molar-refractivity contribution >= 4 is 24.2 Å². The topological polar surface area (TPSA) is 84.7 Å². The van der Waals surface area contributed by atoms with Gasteiger partial charge in [-0.15, -0.1) is 12.4 Å². The van der Waals surface area contributed by atoms with Gasteiger partial charge in [-0.2, -0.15) is 0 Å². The van der Waals surface area contributed by atoms with E-state index in [4.69, 9.17) is 10.5 Å². The molecule has 0 saturated carbocycles. The lowest BCUT2D eigenvalue weighted by Crippen LogP contribution is -2.48. The van der Waals surface area contributed by atoms with Crippen molar-refractivity contribution in [3.8, 4) is 0 Å². The van der Waals surface area contributed by atoms with Gasteiger partial charge in [0, 0.05) is 25.2 Å². The van der Waals surface area contributed by atoms with Gasteiger partial charge < -0.3 is 20.7 Å². The molecule has 26 heavy (non-hydrogen) atoms. The Morgan fingerprint density at radius 3 is 2.35 bits per heavy atom. The molecule has 0 aliphatic carbocycles. The Hall–Kier alpha value is -1.63. The standard InChI is InChI=1S/C19H29N3O3.ClH/c1-4-5-17(20)18(23)21-10-15-6-8-16(9-7-15)19(24)22-11-13(2)25-14(3)12-22;/h6-9,13-14,17H,4-5,10-12,20H2,1-3H3,(H,21,23);1H. The molecule has 6 nitrogen and oxygen atoms in total. The summed E-state index contributed by atoms with van der Waals surface area (Å²) in [6.07, 6.45) is 1.66. The van der Waals surface area contributed by atoms with E-state index in [-0.39, 0.29) is 36.4 Å². The maximum atomic E-state index is 12.6. The summed E-state index contributed by atoms with van der Waals surface area (Å²) < 4.78 is 5.67. The van der Waals surface area contributed by atoms with Crippen LogP contribution in [0.4, 0.5) is 0 Å². The highest BCUT2D eigenvalue weighted by Gasteiger charge is 2.26. The second kappa shape index (κ2) is 10.5. The van der Waals surface area contributed by atoms with E-state index in [1.165, 1.54) is 0 Å². The van der Waals surface area contributed by atoms with Crippen molar-refractivity contribution in [2.45, 2.75) is 58.4 Å². The van der Waals surface area contributed by atoms with Gasteiger partial charge in [0.05, 0.1) is 18.2 Å². The molecule has 2 amide bonds. The third-order valence-corrected chi connectivity index (χ3v) is 4.31. The first kappa shape index (κ1) is 22.4. The van der Waals surface area contributed by atoms with E-state index in [0.717, 1.165) is 12.0 Å². The van der Waals surface area contributed by atoms with Gasteiger partial charge in [-0.1, -0.05) is 25.5 Å². The normalized spacial score (nSPS) is 20.8. The third-order valence-electron chi connectivity index (χ3n) is 4.31. The highest BCUT2D eigenvalue weighted by atomic mass is 35.5. The minimum Gasteiger partial charge on any atom is -0.372 e. The minimum atomic E-state index is -0.462. The van der Waals surface area contributed by atoms with Crippen LogP contribution in [-0.4, -0.2) is 48.1 Å². The number of carbonyl (C=O) groups excluding carboxylic acids is 2. The van der Waals surface area contributed by atoms with Crippen molar-refractivity contribution in [3.63, 3.8) is 0 Å². The van der Waals surface area contributed by atoms with Crippen molar-refractivity contribution in [2.75, 3.05) is 13.1 Å². The lowest BCUT2D eigenvalue weighted by Gasteiger charge is -2.35. The van der Waals surface area contributed by atoms with Crippen LogP contribution in [0.2, 0.25) is 0 Å². The Kier molecular flexibility index (Phi) is 9.05. The highest BCUT2D eigenvalue weighted by molar-refractivity contribution is 5.94. The molecule has 3 unspecified atom stereocenters. The lowest BCUT2D eigenvalue weighted by molar-refractivity contribution is -0.122. The third kappa shape index (κ3) is 6.27. The number of halogens is 1. The number of nitrogens with zero attached hydrogens (tertiary/aromatic N) is 1. The van der Waals surface area contributed by atoms with E-state index in [9.17, 15) is 9.59 Å². The SMILES string of the molecule is CCCC(N)C(=O)NCc1ccc(C(=O)N2CC(C)OC(C)C2)cc1.Cl. The number of hydrogen-bond acceptors (Lipinski definition) is 4. The molecule has 0 spiro atoms. The van der Waals surface area contributed by atoms with E-state index >= 15 is 0 Å². The molecule has 1 saturated heterocycles. The molecule has 1 aliphatic heterocycles. The summed E-state index contributed by atoms with van der Waals surface area (Å²) >= 11 is 0. The molecule has 3 N–H and O–H groups in total. The van der Waals surface area contributed by atoms with Crippen LogP contribution in [0.1, 0.15) is 49.5 Å². The summed E-state index contributed by atoms with van der Waals surface area (Å²) in [5.74, 6) is -0.124. The van der Waals surface area contributed by atoms with Gasteiger partial charge in [0.25, 0.3) is 5.91 Å². The van der Waals surface area contributed by atoms with Crippen LogP contribution in [0.3, 0.4) is 0 Å². The zero-order valence-corrected chi connectivity index (χ0v) is 16.6. The van der Waals surface area contributed by atoms with Gasteiger partial charge in [-0.25, -0.2) is 0 Å². The molecule has 1 aliphatic rings. The fourth-order valence-corrected chi connectivity index (χ4v) is 3.05. The molecule has 1 aromatic rings. The molecule has 146 valence electrons. The van der Waals surface area contributed by atoms with Gasteiger partial charge in [0.1, 0.15) is 0 Å². The molecule has 1 fully saturated rings. The lowest BCUT2D eigenvalue weighted by atomic mass is 10.1. The number of rotatable bonds is 6. The average molecular weight is 384 g/mol. The van der Waals surface area contributed by atoms with E-state index in [1.54, 1.807) is 12.1 Å². The monoisotopic (exact) mass is 383 g/mol. The smallest absolute Gasteiger partial charge is 0.254 e. The molecule has 2 rings (SSSR count). The van der Waals surface area contributed by atoms with E-state index in [1.807, 2.05) is 37.8 Å². The van der Waals surface area contributed by atoms with Crippen LogP contribution in [-0.2, 0) is 16.1 Å². The molecular weight excluding hydrogens is 354 g/mol. The van der Waals surface area contributed by atoms with Crippen LogP contribution >= 0.6 is 12.4 Å². The molecule has 1 aromatic carbocycles. The Bertz CT molecular complexity index is 584. The van der Waals surface area contributed by atoms with Crippen LogP contribution in [0, 0.1) is 0 Å². The number of carbonyl (C=O) groups is 2. The number of hydrogen-bond donors (Lipinski definition) is 2. The summed E-state index contributed by atoms with van der Waals surface area (Å²) in [7, 11) is 0. The molecule has 1 heterocycles. The van der Waals surface area contributed by atoms with Gasteiger partial charge in [-0.3, -0.25) is 9.59 Å². The summed E-state index contributed by atoms with van der Waals surface area (Å²) in [6, 6.07) is 6.88. The Morgan fingerprint density at radius 2 is 1.81 bits per heavy atom. The van der Waals surface area contributed by atoms with Crippen LogP contribution in [0.25, 0.3) is 0 Å². The number of nitrogens with two attached hydrogens (primary N) is 1. The number of morpholine rings is 1. The number of nitrogens with one attached hydrogen (secondary N) is 1. The van der Waals surface area contributed by atoms with Crippen molar-refractivity contribution in [3.05, 3.63) is 35.4 Å². The van der Waals surface area contributed by atoms with E-state index in [0.29, 0.717) is 31.6 Å². The second-order valence-corrected chi connectivity index (χ2v) is 6.78. The summed E-state index contributed by atoms with van der Waals surface area (Å²) in [4.78, 5) is 26.3. The number of benzene rings is 1. The van der Waals surface area contributed by atoms with Crippen LogP contribution < -0.4 is 11.1 Å². The second-order valence-electron chi connectivity index (χ2n) is 6.78. The van der Waals surface area contributed by atoms with Crippen molar-refractivity contribution in [1.82, 2.24) is 10.2 Å². The predicted octanol–water partition coefficient (Wildman–Crippen LogP) is 2.10. The maximum absolute atomic E-state index is 12.6. The van der Waals surface area contributed by atoms with Crippen molar-refractivity contribution in [2.24, 2.45) is 5.73 Å². The molecule has 3 atom stereocenters. The number of ether oxygens (including phenoxy) is 1. The van der Waals surface area contributed by atoms with Crippen LogP contribution in [0.15, 0.2) is 24.3 Å². The quantitative estimate of drug-likeness (QED) is 0.787. The first-order valence-electron chi connectivity index (χ1n) is 8.97. The zero-order valence-electron chi connectivity index (χ0n) is 15.7. The first-order chi connectivity index (χ1) is 11.9. The molecular formula is C19H30ClN3O3. The van der Waals surface area contributed by atoms with Gasteiger partial charge in [0.2, 0.25) is 5.91 Å².